The Morgan fingerprint density at radius 3 is 2.16 bits per heavy atom. The molecule has 0 aliphatic rings. The summed E-state index contributed by atoms with van der Waals surface area (Å²) in [5, 5.41) is 9.89. The van der Waals surface area contributed by atoms with E-state index in [1.807, 2.05) is 24.3 Å². The molecule has 0 saturated heterocycles. The number of carboxylic acids is 1. The minimum absolute atomic E-state index is 0.00258. The summed E-state index contributed by atoms with van der Waals surface area (Å²) >= 11 is 5.92. The van der Waals surface area contributed by atoms with Crippen LogP contribution in [0.4, 0.5) is 4.39 Å². The smallest absolute Gasteiger partial charge is 0.307 e. The molecular weight excluding hydrogens is 621 g/mol. The third kappa shape index (κ3) is 10.3. The average molecular weight is 652 g/mol. The lowest BCUT2D eigenvalue weighted by Crippen LogP contribution is -2.29. The van der Waals surface area contributed by atoms with Gasteiger partial charge in [-0.1, -0.05) is 35.9 Å². The first-order valence-corrected chi connectivity index (χ1v) is 16.0. The summed E-state index contributed by atoms with van der Waals surface area (Å²) in [7, 11) is -4.01. The Morgan fingerprint density at radius 1 is 0.822 bits per heavy atom. The number of nitrogens with one attached hydrogen (secondary N) is 1. The van der Waals surface area contributed by atoms with Gasteiger partial charge in [0.2, 0.25) is 10.0 Å². The first kappa shape index (κ1) is 33.5. The molecule has 0 spiro atoms. The minimum atomic E-state index is -4.01. The summed E-state index contributed by atoms with van der Waals surface area (Å²) in [6, 6.07) is 23.3. The number of carbonyl (C=O) groups is 3. The molecule has 0 unspecified atom stereocenters. The van der Waals surface area contributed by atoms with Crippen LogP contribution < -0.4 is 9.46 Å². The van der Waals surface area contributed by atoms with Crippen molar-refractivity contribution in [2.24, 2.45) is 0 Å². The molecule has 0 aliphatic carbocycles. The molecule has 11 heteroatoms. The van der Waals surface area contributed by atoms with Gasteiger partial charge in [0.15, 0.2) is 5.78 Å². The molecule has 4 aromatic carbocycles. The normalized spacial score (nSPS) is 11.2. The van der Waals surface area contributed by atoms with Gasteiger partial charge in [-0.2, -0.15) is 0 Å². The standard InChI is InChI=1S/C34H31ClFNO7S/c35-27-10-4-23(5-11-27)2-1-3-32(39)25-8-15-30(16-9-25)44-33-19-6-24(21-34(40)41)20-26(33)7-14-29(38)22-37-45(42,43)31-17-12-28(36)13-18-31/h4-6,8-13,15-20,37H,1-3,7,14,21-22H2,(H,40,41). The van der Waals surface area contributed by atoms with E-state index in [1.54, 1.807) is 42.5 Å². The summed E-state index contributed by atoms with van der Waals surface area (Å²) in [6.07, 6.45) is 1.70. The van der Waals surface area contributed by atoms with Crippen molar-refractivity contribution < 1.29 is 37.0 Å². The zero-order valence-electron chi connectivity index (χ0n) is 24.2. The number of ether oxygens (including phenoxy) is 1. The predicted octanol–water partition coefficient (Wildman–Crippen LogP) is 6.58. The van der Waals surface area contributed by atoms with Crippen LogP contribution in [0.3, 0.4) is 0 Å². The maximum atomic E-state index is 13.1. The average Bonchev–Trinajstić information content (AvgIpc) is 3.01. The van der Waals surface area contributed by atoms with E-state index in [9.17, 15) is 32.3 Å². The van der Waals surface area contributed by atoms with Crippen LogP contribution in [0.15, 0.2) is 95.9 Å². The quantitative estimate of drug-likeness (QED) is 0.131. The van der Waals surface area contributed by atoms with Gasteiger partial charge in [-0.15, -0.1) is 0 Å². The second-order valence-corrected chi connectivity index (χ2v) is 12.6. The van der Waals surface area contributed by atoms with Crippen molar-refractivity contribution >= 4 is 39.2 Å². The Morgan fingerprint density at radius 2 is 1.49 bits per heavy atom. The number of rotatable bonds is 16. The summed E-state index contributed by atoms with van der Waals surface area (Å²) < 4.78 is 46.3. The van der Waals surface area contributed by atoms with Crippen molar-refractivity contribution in [1.82, 2.24) is 4.72 Å². The van der Waals surface area contributed by atoms with E-state index in [0.717, 1.165) is 36.2 Å². The van der Waals surface area contributed by atoms with Crippen molar-refractivity contribution in [3.8, 4) is 11.5 Å². The molecule has 0 atom stereocenters. The number of aryl methyl sites for hydroxylation is 2. The van der Waals surface area contributed by atoms with Crippen LogP contribution >= 0.6 is 11.6 Å². The molecule has 0 aromatic heterocycles. The zero-order chi connectivity index (χ0) is 32.4. The third-order valence-corrected chi connectivity index (χ3v) is 8.59. The number of carbonyl (C=O) groups excluding carboxylic acids is 2. The maximum Gasteiger partial charge on any atom is 0.307 e. The molecule has 0 heterocycles. The number of carboxylic acid groups (broad SMARTS) is 1. The minimum Gasteiger partial charge on any atom is -0.481 e. The topological polar surface area (TPSA) is 127 Å². The fourth-order valence-corrected chi connectivity index (χ4v) is 5.67. The van der Waals surface area contributed by atoms with Crippen LogP contribution in [0.1, 0.15) is 46.3 Å². The third-order valence-electron chi connectivity index (χ3n) is 6.92. The molecule has 0 aliphatic heterocycles. The number of halogens is 2. The van der Waals surface area contributed by atoms with Crippen LogP contribution in [-0.2, 0) is 38.9 Å². The molecule has 4 rings (SSSR count). The highest BCUT2D eigenvalue weighted by molar-refractivity contribution is 7.89. The van der Waals surface area contributed by atoms with E-state index in [0.29, 0.717) is 46.1 Å². The molecule has 45 heavy (non-hydrogen) atoms. The highest BCUT2D eigenvalue weighted by Gasteiger charge is 2.17. The first-order valence-electron chi connectivity index (χ1n) is 14.1. The molecule has 8 nitrogen and oxygen atoms in total. The first-order chi connectivity index (χ1) is 21.5. The highest BCUT2D eigenvalue weighted by atomic mass is 35.5. The van der Waals surface area contributed by atoms with Gasteiger partial charge in [-0.25, -0.2) is 17.5 Å². The van der Waals surface area contributed by atoms with E-state index in [-0.39, 0.29) is 29.9 Å². The Hall–Kier alpha value is -4.38. The van der Waals surface area contributed by atoms with Gasteiger partial charge >= 0.3 is 5.97 Å². The Balaban J connectivity index is 1.36. The van der Waals surface area contributed by atoms with Crippen molar-refractivity contribution in [3.05, 3.63) is 124 Å². The second-order valence-electron chi connectivity index (χ2n) is 10.4. The zero-order valence-corrected chi connectivity index (χ0v) is 25.7. The van der Waals surface area contributed by atoms with Crippen molar-refractivity contribution in [2.45, 2.75) is 43.4 Å². The van der Waals surface area contributed by atoms with E-state index in [4.69, 9.17) is 16.3 Å². The van der Waals surface area contributed by atoms with Gasteiger partial charge in [-0.05, 0) is 103 Å². The molecule has 0 amide bonds. The molecule has 0 bridgehead atoms. The monoisotopic (exact) mass is 651 g/mol. The van der Waals surface area contributed by atoms with E-state index in [2.05, 4.69) is 4.72 Å². The van der Waals surface area contributed by atoms with E-state index in [1.165, 1.54) is 0 Å². The van der Waals surface area contributed by atoms with Crippen LogP contribution in [0.2, 0.25) is 5.02 Å². The molecular formula is C34H31ClFNO7S. The van der Waals surface area contributed by atoms with Crippen LogP contribution in [0, 0.1) is 5.82 Å². The summed E-state index contributed by atoms with van der Waals surface area (Å²) in [4.78, 5) is 36.4. The summed E-state index contributed by atoms with van der Waals surface area (Å²) in [6.45, 7) is -0.472. The Kier molecular flexibility index (Phi) is 11.6. The number of hydrogen-bond acceptors (Lipinski definition) is 6. The molecule has 2 N–H and O–H groups in total. The molecule has 0 saturated carbocycles. The van der Waals surface area contributed by atoms with E-state index >= 15 is 0 Å². The van der Waals surface area contributed by atoms with Gasteiger partial charge in [0, 0.05) is 23.4 Å². The largest absolute Gasteiger partial charge is 0.481 e. The van der Waals surface area contributed by atoms with Crippen molar-refractivity contribution in [2.75, 3.05) is 6.54 Å². The van der Waals surface area contributed by atoms with Crippen molar-refractivity contribution in [1.29, 1.82) is 0 Å². The summed E-state index contributed by atoms with van der Waals surface area (Å²) in [5.41, 5.74) is 2.72. The van der Waals surface area contributed by atoms with Gasteiger partial charge < -0.3 is 9.84 Å². The van der Waals surface area contributed by atoms with Crippen LogP contribution in [0.25, 0.3) is 0 Å². The number of hydrogen-bond donors (Lipinski definition) is 2. The van der Waals surface area contributed by atoms with Gasteiger partial charge in [0.25, 0.3) is 0 Å². The van der Waals surface area contributed by atoms with Gasteiger partial charge in [0.1, 0.15) is 23.1 Å². The van der Waals surface area contributed by atoms with Crippen LogP contribution in [0.5, 0.6) is 11.5 Å². The molecule has 234 valence electrons. The van der Waals surface area contributed by atoms with Gasteiger partial charge in [-0.3, -0.25) is 14.4 Å². The lowest BCUT2D eigenvalue weighted by molar-refractivity contribution is -0.136. The predicted molar refractivity (Wildman–Crippen MR) is 168 cm³/mol. The fourth-order valence-electron chi connectivity index (χ4n) is 4.53. The summed E-state index contributed by atoms with van der Waals surface area (Å²) in [5.74, 6) is -1.17. The molecule has 4 aromatic rings. The second kappa shape index (κ2) is 15.6. The van der Waals surface area contributed by atoms with Gasteiger partial charge in [0.05, 0.1) is 17.9 Å². The molecule has 0 radical (unpaired) electrons. The fraction of sp³-hybridized carbons (Fsp3) is 0.206. The number of benzene rings is 4. The SMILES string of the molecule is O=C(O)Cc1ccc(Oc2ccc(C(=O)CCCc3ccc(Cl)cc3)cc2)c(CCC(=O)CNS(=O)(=O)c2ccc(F)cc2)c1. The lowest BCUT2D eigenvalue weighted by atomic mass is 10.0. The Bertz CT molecular complexity index is 1760. The number of sulfonamides is 1. The maximum absolute atomic E-state index is 13.1. The van der Waals surface area contributed by atoms with E-state index < -0.39 is 34.1 Å². The van der Waals surface area contributed by atoms with Crippen LogP contribution in [-0.4, -0.2) is 37.6 Å². The molecule has 0 fully saturated rings. The number of Topliss-reactive ketones (excluding diaryl/α,β-unsaturated/α-hetero) is 2. The highest BCUT2D eigenvalue weighted by Crippen LogP contribution is 2.28. The number of ketones is 2. The van der Waals surface area contributed by atoms with Crippen molar-refractivity contribution in [3.63, 3.8) is 0 Å². The number of aliphatic carboxylic acids is 1. The Labute approximate surface area is 265 Å². The lowest BCUT2D eigenvalue weighted by Gasteiger charge is -2.13.